The van der Waals surface area contributed by atoms with E-state index < -0.39 is 52.8 Å². The number of nitrogens with zero attached hydrogens (tertiary/aromatic N) is 30. The van der Waals surface area contributed by atoms with Gasteiger partial charge in [-0.2, -0.15) is 5.26 Å². The lowest BCUT2D eigenvalue weighted by atomic mass is 10.1. The Morgan fingerprint density at radius 1 is 0.393 bits per heavy atom. The van der Waals surface area contributed by atoms with E-state index in [0.29, 0.717) is 57.6 Å². The lowest BCUT2D eigenvalue weighted by molar-refractivity contribution is -0.0660. The smallest absolute Gasteiger partial charge is 0.263 e. The molecule has 17 N–H and O–H groups in total. The van der Waals surface area contributed by atoms with E-state index >= 15 is 0 Å². The molecule has 145 heavy (non-hydrogen) atoms. The van der Waals surface area contributed by atoms with Crippen molar-refractivity contribution in [3.05, 3.63) is 210 Å². The van der Waals surface area contributed by atoms with Gasteiger partial charge in [-0.05, 0) is 89.4 Å². The van der Waals surface area contributed by atoms with Gasteiger partial charge in [0.05, 0.1) is 169 Å². The lowest BCUT2D eigenvalue weighted by Crippen LogP contribution is -2.56. The largest absolute Gasteiger partial charge is 0.381 e. The van der Waals surface area contributed by atoms with Gasteiger partial charge in [-0.15, -0.1) is 25.5 Å². The van der Waals surface area contributed by atoms with Gasteiger partial charge in [0.2, 0.25) is 0 Å². The Morgan fingerprint density at radius 3 is 1.03 bits per heavy atom. The summed E-state index contributed by atoms with van der Waals surface area (Å²) in [6.45, 7) is 22.0. The fraction of sp³-hybridized carbons (Fsp3) is 0.351. The van der Waals surface area contributed by atoms with E-state index in [2.05, 4.69) is 180 Å². The lowest BCUT2D eigenvalue weighted by Gasteiger charge is -2.43. The molecule has 6 aliphatic heterocycles. The van der Waals surface area contributed by atoms with Crippen LogP contribution in [-0.4, -0.2) is 310 Å². The van der Waals surface area contributed by atoms with Crippen LogP contribution in [0, 0.1) is 34.6 Å². The quantitative estimate of drug-likeness (QED) is 0.0427. The molecule has 7 aliphatic rings. The monoisotopic (exact) mass is 1980 g/mol. The standard InChI is InChI=1S/C20H23FN8O.C19H21FN8O2.C19H23FN8O.C19H21N9O.C17H19FN8O/c1-27-4-6-28(7-5-27)17-14(12-2-3-12)9-23-10-15(17)25-20(30)16-18(22)26-29-11-13(21)8-24-19(16)29;20-12-7-23-18-16(17(21)25-28(18)9-12)19(29)24-14-8-22-2-1-15(14)27-5-3-26(4-6-27)13-10-30-11-13;1-12(2)26-5-7-27(8-6-26)15-3-4-22-10-14(15)24-19(29)16-17(21)25-28-11-13(20)9-23-18(16)28;20-5-1-12-9-24-18-16(17(22)26-28(18)11-12)19(29)25-14-10-23-6-2-15(14)27-7-3-13(21)4-8-27;1-24-4-6-25(7-5-24)13-2-3-20-9-12(13)22-17(27)14-15(19)23-26-10-11(18)8-21-16(14)26/h8-12H,2-7H2,1H3,(H2,22,26)(H,25,30);1-2,7-9,13H,3-6,10-11H2,(H2,21,25)(H,24,29);3-4,9-12H,5-8H2,1-2H3,(H2,21,25)(H,24,29);2,6,9-11,13H,1,3-4,7-8,21H2,(H2,22,26)(H,25,29);2-3,8-10H,4-7H2,1H3,(H2,19,23)(H,22,27). The maximum atomic E-state index is 13.5. The fourth-order valence-corrected chi connectivity index (χ4v) is 18.0. The van der Waals surface area contributed by atoms with E-state index in [4.69, 9.17) is 44.4 Å². The second-order valence-electron chi connectivity index (χ2n) is 36.0. The minimum atomic E-state index is -0.570. The number of piperazine rings is 4. The van der Waals surface area contributed by atoms with Gasteiger partial charge < -0.3 is 100 Å². The number of carbonyl (C=O) groups excluding carboxylic acids is 5. The molecule has 1 aliphatic carbocycles. The summed E-state index contributed by atoms with van der Waals surface area (Å²) in [5, 5.41) is 43.4. The minimum Gasteiger partial charge on any atom is -0.381 e. The summed E-state index contributed by atoms with van der Waals surface area (Å²) in [5.41, 5.74) is 46.7. The number of nitrogen functional groups attached to an aromatic ring is 5. The summed E-state index contributed by atoms with van der Waals surface area (Å²) in [7, 11) is 4.19. The molecule has 6 saturated heterocycles. The summed E-state index contributed by atoms with van der Waals surface area (Å²) in [6.07, 6.45) is 32.9. The van der Waals surface area contributed by atoms with Crippen LogP contribution in [0.15, 0.2) is 148 Å². The number of piperidine rings is 1. The highest BCUT2D eigenvalue weighted by Gasteiger charge is 2.36. The Hall–Kier alpha value is -16.8. The predicted octanol–water partition coefficient (Wildman–Crippen LogP) is 5.78. The molecule has 1 saturated carbocycles. The molecule has 7 fully saturated rings. The highest BCUT2D eigenvalue weighted by atomic mass is 19.1. The summed E-state index contributed by atoms with van der Waals surface area (Å²) in [6, 6.07) is 10.8. The van der Waals surface area contributed by atoms with Crippen molar-refractivity contribution >= 4 is 144 Å². The highest BCUT2D eigenvalue weighted by Crippen LogP contribution is 2.47. The van der Waals surface area contributed by atoms with Crippen molar-refractivity contribution < 1.29 is 46.3 Å². The van der Waals surface area contributed by atoms with Gasteiger partial charge in [0.1, 0.15) is 27.8 Å². The zero-order valence-electron chi connectivity index (χ0n) is 79.7. The van der Waals surface area contributed by atoms with Crippen LogP contribution in [0.2, 0.25) is 0 Å². The molecule has 21 heterocycles. The summed E-state index contributed by atoms with van der Waals surface area (Å²) >= 11 is 0. The van der Waals surface area contributed by atoms with Crippen LogP contribution in [0.4, 0.5) is 104 Å². The van der Waals surface area contributed by atoms with Crippen LogP contribution in [0.5, 0.6) is 0 Å². The van der Waals surface area contributed by atoms with E-state index in [0.717, 1.165) is 248 Å². The van der Waals surface area contributed by atoms with Crippen LogP contribution < -0.4 is 85.5 Å². The molecule has 0 unspecified atom stereocenters. The van der Waals surface area contributed by atoms with Gasteiger partial charge >= 0.3 is 0 Å². The Bertz CT molecular complexity index is 7330. The van der Waals surface area contributed by atoms with E-state index in [1.807, 2.05) is 30.5 Å². The number of nitriles is 1. The Labute approximate surface area is 825 Å². The van der Waals surface area contributed by atoms with Gasteiger partial charge in [-0.25, -0.2) is 65.1 Å². The average Bonchev–Trinajstić information content (AvgIpc) is 1.60. The number of likely N-dealkylation sites (N-methyl/N-ethyl adjacent to an activating group) is 2. The molecule has 15 aromatic rings. The molecular weight excluding hydrogens is 1880 g/mol. The molecular formula is C94H107F4N41O6. The first kappa shape index (κ1) is 98.4. The van der Waals surface area contributed by atoms with Crippen molar-refractivity contribution in [1.29, 1.82) is 5.26 Å². The van der Waals surface area contributed by atoms with E-state index in [-0.39, 0.29) is 92.0 Å². The summed E-state index contributed by atoms with van der Waals surface area (Å²) in [4.78, 5) is 127. The number of nitrogens with one attached hydrogen (secondary N) is 5. The third-order valence-electron chi connectivity index (χ3n) is 26.0. The number of amides is 5. The molecule has 0 spiro atoms. The Morgan fingerprint density at radius 2 is 0.703 bits per heavy atom. The minimum absolute atomic E-state index is 0.00180. The summed E-state index contributed by atoms with van der Waals surface area (Å²) < 4.78 is 64.9. The van der Waals surface area contributed by atoms with Crippen LogP contribution >= 0.6 is 0 Å². The van der Waals surface area contributed by atoms with Crippen molar-refractivity contribution in [2.45, 2.75) is 70.0 Å². The molecule has 5 amide bonds. The number of anilines is 15. The number of hydrogen-bond acceptors (Lipinski definition) is 37. The van der Waals surface area contributed by atoms with Crippen molar-refractivity contribution in [2.24, 2.45) is 5.73 Å². The third-order valence-corrected chi connectivity index (χ3v) is 26.0. The molecule has 0 atom stereocenters. The van der Waals surface area contributed by atoms with Crippen LogP contribution in [0.1, 0.15) is 108 Å². The van der Waals surface area contributed by atoms with Crippen molar-refractivity contribution in [2.75, 3.05) is 225 Å². The molecule has 15 aromatic heterocycles. The molecule has 0 radical (unpaired) electrons. The number of ether oxygens (including phenoxy) is 1. The summed E-state index contributed by atoms with van der Waals surface area (Å²) in [5.74, 6) is -4.03. The highest BCUT2D eigenvalue weighted by molar-refractivity contribution is 6.16. The number of nitrogens with two attached hydrogens (primary N) is 6. The number of hydrogen-bond donors (Lipinski definition) is 11. The van der Waals surface area contributed by atoms with Crippen molar-refractivity contribution in [1.82, 2.24) is 118 Å². The zero-order valence-corrected chi connectivity index (χ0v) is 79.7. The number of aromatic nitrogens is 20. The maximum Gasteiger partial charge on any atom is 0.263 e. The predicted molar refractivity (Wildman–Crippen MR) is 535 cm³/mol. The van der Waals surface area contributed by atoms with Crippen LogP contribution in [-0.2, 0) is 11.2 Å². The first-order valence-corrected chi connectivity index (χ1v) is 47.1. The zero-order chi connectivity index (χ0) is 101. The molecule has 0 aromatic carbocycles. The Kier molecular flexibility index (Phi) is 29.4. The van der Waals surface area contributed by atoms with Crippen LogP contribution in [0.3, 0.4) is 0 Å². The Balaban J connectivity index is 0.000000119. The molecule has 752 valence electrons. The second-order valence-corrected chi connectivity index (χ2v) is 36.0. The molecule has 47 nitrogen and oxygen atoms in total. The molecule has 0 bridgehead atoms. The number of pyridine rings is 5. The maximum absolute atomic E-state index is 13.5. The van der Waals surface area contributed by atoms with Gasteiger partial charge in [0, 0.05) is 179 Å². The van der Waals surface area contributed by atoms with Gasteiger partial charge in [-0.3, -0.25) is 58.7 Å². The normalized spacial score (nSPS) is 16.1. The first-order chi connectivity index (χ1) is 70.1. The van der Waals surface area contributed by atoms with Gasteiger partial charge in [0.25, 0.3) is 29.5 Å². The second kappa shape index (κ2) is 43.3. The van der Waals surface area contributed by atoms with Crippen molar-refractivity contribution in [3.8, 4) is 6.07 Å². The molecule has 22 rings (SSSR count). The van der Waals surface area contributed by atoms with E-state index in [1.54, 1.807) is 68.2 Å². The average molecular weight is 1980 g/mol. The third kappa shape index (κ3) is 22.1. The number of halogens is 4. The SMILES string of the molecule is CC(C)N1CCN(c2ccncc2NC(=O)c2c(N)nn3cc(F)cnc23)CC1.CN1CCN(c2c(NC(=O)c3c(N)nn4cc(F)cnc34)cncc2C2CC2)CC1.CN1CCN(c2ccncc2NC(=O)c2c(N)nn3cc(F)cnc23)CC1.N#CCc1cnc2c(C(=O)Nc3cnccc3N3CCC(N)CC3)c(N)nn2c1.Nc1nn2cc(F)cnc2c1C(=O)Nc1cnccc1N1CCN(C2COC2)CC1. The fourth-order valence-electron chi connectivity index (χ4n) is 18.0. The van der Waals surface area contributed by atoms with Gasteiger partial charge in [-0.1, -0.05) is 0 Å². The first-order valence-electron chi connectivity index (χ1n) is 47.1. The number of carbonyl (C=O) groups is 5. The number of rotatable bonds is 19. The van der Waals surface area contributed by atoms with Gasteiger partial charge in [0.15, 0.2) is 80.6 Å². The number of fused-ring (bicyclic) bond motifs is 5. The topological polar surface area (TPSA) is 579 Å². The van der Waals surface area contributed by atoms with E-state index in [1.165, 1.54) is 14.6 Å². The molecule has 51 heteroatoms. The van der Waals surface area contributed by atoms with Crippen LogP contribution in [0.25, 0.3) is 28.2 Å². The van der Waals surface area contributed by atoms with E-state index in [9.17, 15) is 41.5 Å². The van der Waals surface area contributed by atoms with Crippen molar-refractivity contribution in [3.63, 3.8) is 0 Å².